The SMILES string of the molecule is Cc1cccc(F)c1.Cn1cc(-c2cc(C3CCCCC3)c(=O)n(Cc3ncccc3C(F)(F)F)n2)nn1. The van der Waals surface area contributed by atoms with E-state index in [1.54, 1.807) is 25.4 Å². The Bertz CT molecular complexity index is 1420. The van der Waals surface area contributed by atoms with E-state index in [0.29, 0.717) is 17.0 Å². The third kappa shape index (κ3) is 6.70. The minimum absolute atomic E-state index is 0.0572. The summed E-state index contributed by atoms with van der Waals surface area (Å²) in [5.41, 5.74) is 0.898. The fourth-order valence-electron chi connectivity index (χ4n) is 4.53. The van der Waals surface area contributed by atoms with Crippen LogP contribution in [0.15, 0.2) is 59.7 Å². The van der Waals surface area contributed by atoms with Gasteiger partial charge in [-0.25, -0.2) is 9.07 Å². The zero-order chi connectivity index (χ0) is 27.3. The van der Waals surface area contributed by atoms with Gasteiger partial charge in [-0.15, -0.1) is 5.10 Å². The Morgan fingerprint density at radius 1 is 1.03 bits per heavy atom. The number of hydrogen-bond donors (Lipinski definition) is 0. The summed E-state index contributed by atoms with van der Waals surface area (Å²) in [5.74, 6) is -0.105. The maximum Gasteiger partial charge on any atom is 0.418 e. The second kappa shape index (κ2) is 11.7. The van der Waals surface area contributed by atoms with E-state index < -0.39 is 11.7 Å². The summed E-state index contributed by atoms with van der Waals surface area (Å²) in [6.45, 7) is 1.49. The summed E-state index contributed by atoms with van der Waals surface area (Å²) in [4.78, 5) is 17.1. The third-order valence-corrected chi connectivity index (χ3v) is 6.39. The monoisotopic (exact) mass is 528 g/mol. The lowest BCUT2D eigenvalue weighted by Gasteiger charge is -2.22. The summed E-state index contributed by atoms with van der Waals surface area (Å²) in [7, 11) is 1.71. The van der Waals surface area contributed by atoms with Gasteiger partial charge in [0.15, 0.2) is 0 Å². The maximum atomic E-state index is 13.4. The van der Waals surface area contributed by atoms with Gasteiger partial charge in [0.25, 0.3) is 5.56 Å². The predicted octanol–water partition coefficient (Wildman–Crippen LogP) is 5.68. The number of pyridine rings is 1. The van der Waals surface area contributed by atoms with Gasteiger partial charge in [0.05, 0.1) is 24.0 Å². The van der Waals surface area contributed by atoms with Crippen LogP contribution >= 0.6 is 0 Å². The molecule has 38 heavy (non-hydrogen) atoms. The number of hydrogen-bond acceptors (Lipinski definition) is 5. The molecule has 5 rings (SSSR count). The van der Waals surface area contributed by atoms with E-state index in [9.17, 15) is 22.4 Å². The lowest BCUT2D eigenvalue weighted by atomic mass is 9.84. The van der Waals surface area contributed by atoms with Gasteiger partial charge < -0.3 is 0 Å². The number of benzene rings is 1. The smallest absolute Gasteiger partial charge is 0.267 e. The van der Waals surface area contributed by atoms with Crippen LogP contribution in [0.3, 0.4) is 0 Å². The molecule has 1 fully saturated rings. The van der Waals surface area contributed by atoms with Crippen LogP contribution in [-0.2, 0) is 19.8 Å². The lowest BCUT2D eigenvalue weighted by Crippen LogP contribution is -2.30. The van der Waals surface area contributed by atoms with Gasteiger partial charge in [0, 0.05) is 18.8 Å². The van der Waals surface area contributed by atoms with Crippen LogP contribution in [0.4, 0.5) is 17.6 Å². The Morgan fingerprint density at radius 2 is 1.79 bits per heavy atom. The second-order valence-corrected chi connectivity index (χ2v) is 9.35. The molecule has 0 amide bonds. The molecule has 1 aliphatic carbocycles. The van der Waals surface area contributed by atoms with Crippen molar-refractivity contribution in [2.75, 3.05) is 0 Å². The van der Waals surface area contributed by atoms with Crippen molar-refractivity contribution in [2.45, 2.75) is 57.7 Å². The van der Waals surface area contributed by atoms with E-state index in [2.05, 4.69) is 20.4 Å². The van der Waals surface area contributed by atoms with E-state index in [1.165, 1.54) is 29.1 Å². The van der Waals surface area contributed by atoms with Crippen molar-refractivity contribution in [3.63, 3.8) is 0 Å². The Morgan fingerprint density at radius 3 is 2.39 bits per heavy atom. The predicted molar refractivity (Wildman–Crippen MR) is 134 cm³/mol. The molecule has 0 N–H and O–H groups in total. The molecule has 0 saturated heterocycles. The molecule has 3 aromatic heterocycles. The van der Waals surface area contributed by atoms with Gasteiger partial charge in [0.1, 0.15) is 17.2 Å². The molecule has 7 nitrogen and oxygen atoms in total. The highest BCUT2D eigenvalue weighted by Gasteiger charge is 2.34. The number of alkyl halides is 3. The summed E-state index contributed by atoms with van der Waals surface area (Å²) >= 11 is 0. The first-order chi connectivity index (χ1) is 18.1. The van der Waals surface area contributed by atoms with Gasteiger partial charge in [-0.1, -0.05) is 36.6 Å². The molecule has 0 unspecified atom stereocenters. The molecular weight excluding hydrogens is 500 g/mol. The van der Waals surface area contributed by atoms with E-state index >= 15 is 0 Å². The minimum atomic E-state index is -4.57. The zero-order valence-electron chi connectivity index (χ0n) is 21.1. The quantitative estimate of drug-likeness (QED) is 0.319. The highest BCUT2D eigenvalue weighted by molar-refractivity contribution is 5.52. The van der Waals surface area contributed by atoms with Crippen molar-refractivity contribution in [3.05, 3.63) is 93.4 Å². The minimum Gasteiger partial charge on any atom is -0.267 e. The topological polar surface area (TPSA) is 78.5 Å². The van der Waals surface area contributed by atoms with E-state index in [1.807, 2.05) is 13.0 Å². The first kappa shape index (κ1) is 27.2. The Kier molecular flexibility index (Phi) is 8.33. The largest absolute Gasteiger partial charge is 0.418 e. The summed E-state index contributed by atoms with van der Waals surface area (Å²) < 4.78 is 54.9. The molecule has 0 spiro atoms. The van der Waals surface area contributed by atoms with Crippen molar-refractivity contribution in [1.29, 1.82) is 0 Å². The molecule has 1 aliphatic rings. The highest BCUT2D eigenvalue weighted by atomic mass is 19.4. The molecule has 200 valence electrons. The van der Waals surface area contributed by atoms with Crippen molar-refractivity contribution in [3.8, 4) is 11.4 Å². The average Bonchev–Trinajstić information content (AvgIpc) is 3.32. The number of rotatable bonds is 4. The number of nitrogens with zero attached hydrogens (tertiary/aromatic N) is 6. The van der Waals surface area contributed by atoms with E-state index in [-0.39, 0.29) is 29.5 Å². The number of halogens is 4. The number of aromatic nitrogens is 6. The lowest BCUT2D eigenvalue weighted by molar-refractivity contribution is -0.138. The molecule has 3 heterocycles. The van der Waals surface area contributed by atoms with Crippen LogP contribution in [0.5, 0.6) is 0 Å². The van der Waals surface area contributed by atoms with Gasteiger partial charge in [0.2, 0.25) is 0 Å². The van der Waals surface area contributed by atoms with Crippen LogP contribution in [0.2, 0.25) is 0 Å². The Hall–Kier alpha value is -3.89. The van der Waals surface area contributed by atoms with Gasteiger partial charge in [-0.3, -0.25) is 14.5 Å². The second-order valence-electron chi connectivity index (χ2n) is 9.35. The zero-order valence-corrected chi connectivity index (χ0v) is 21.1. The Labute approximate surface area is 217 Å². The third-order valence-electron chi connectivity index (χ3n) is 6.39. The average molecular weight is 529 g/mol. The fraction of sp³-hybridized carbons (Fsp3) is 0.370. The summed E-state index contributed by atoms with van der Waals surface area (Å²) in [6, 6.07) is 10.4. The molecule has 0 aliphatic heterocycles. The summed E-state index contributed by atoms with van der Waals surface area (Å²) in [5, 5.41) is 12.3. The first-order valence-corrected chi connectivity index (χ1v) is 12.3. The van der Waals surface area contributed by atoms with Crippen LogP contribution in [0.25, 0.3) is 11.4 Å². The van der Waals surface area contributed by atoms with Crippen molar-refractivity contribution in [1.82, 2.24) is 29.8 Å². The van der Waals surface area contributed by atoms with Crippen LogP contribution in [0, 0.1) is 12.7 Å². The van der Waals surface area contributed by atoms with Crippen molar-refractivity contribution < 1.29 is 17.6 Å². The Balaban J connectivity index is 0.000000360. The van der Waals surface area contributed by atoms with Crippen LogP contribution in [0.1, 0.15) is 60.4 Å². The molecule has 4 aromatic rings. The van der Waals surface area contributed by atoms with Gasteiger partial charge in [-0.05, 0) is 61.6 Å². The molecule has 0 radical (unpaired) electrons. The number of aryl methyl sites for hydroxylation is 2. The van der Waals surface area contributed by atoms with Crippen LogP contribution in [-0.4, -0.2) is 29.8 Å². The van der Waals surface area contributed by atoms with E-state index in [0.717, 1.165) is 48.4 Å². The first-order valence-electron chi connectivity index (χ1n) is 12.3. The van der Waals surface area contributed by atoms with E-state index in [4.69, 9.17) is 0 Å². The van der Waals surface area contributed by atoms with Crippen LogP contribution < -0.4 is 5.56 Å². The maximum absolute atomic E-state index is 13.4. The molecule has 1 saturated carbocycles. The molecule has 1 aromatic carbocycles. The molecule has 0 bridgehead atoms. The van der Waals surface area contributed by atoms with Crippen molar-refractivity contribution >= 4 is 0 Å². The highest BCUT2D eigenvalue weighted by Crippen LogP contribution is 2.33. The standard InChI is InChI=1S/C20H21F3N6O.C7H7F/c1-28-11-18(25-27-28)16-10-14(13-6-3-2-4-7-13)19(30)29(26-16)12-17-15(20(21,22)23)8-5-9-24-17;1-6-3-2-4-7(8)5-6/h5,8-11,13H,2-4,6-7,12H2,1H3;2-5H,1H3. The van der Waals surface area contributed by atoms with Crippen molar-refractivity contribution in [2.24, 2.45) is 7.05 Å². The fourth-order valence-corrected chi connectivity index (χ4v) is 4.53. The molecule has 11 heteroatoms. The van der Waals surface area contributed by atoms with Gasteiger partial charge >= 0.3 is 6.18 Å². The van der Waals surface area contributed by atoms with Gasteiger partial charge in [-0.2, -0.15) is 18.3 Å². The molecular formula is C27H28F4N6O. The molecule has 0 atom stereocenters. The normalized spacial score (nSPS) is 14.2. The summed E-state index contributed by atoms with van der Waals surface area (Å²) in [6.07, 6.45) is 3.27.